The molecule has 2 fully saturated rings. The fourth-order valence-electron chi connectivity index (χ4n) is 1.98. The molecule has 0 N–H and O–H groups in total. The Bertz CT molecular complexity index is 235. The van der Waals surface area contributed by atoms with Crippen LogP contribution < -0.4 is 0 Å². The lowest BCUT2D eigenvalue weighted by molar-refractivity contribution is -0.131. The monoisotopic (exact) mass is 241 g/mol. The minimum absolute atomic E-state index is 0.270. The second-order valence-corrected chi connectivity index (χ2v) is 5.02. The molecule has 2 aliphatic heterocycles. The molecule has 0 aliphatic carbocycles. The van der Waals surface area contributed by atoms with Crippen LogP contribution in [0.3, 0.4) is 0 Å². The third-order valence-corrected chi connectivity index (χ3v) is 3.25. The van der Waals surface area contributed by atoms with Gasteiger partial charge in [-0.3, -0.25) is 4.79 Å². The summed E-state index contributed by atoms with van der Waals surface area (Å²) in [5.41, 5.74) is 0. The van der Waals surface area contributed by atoms with E-state index >= 15 is 0 Å². The molecule has 1 amide bonds. The highest BCUT2D eigenvalue weighted by Gasteiger charge is 2.32. The Morgan fingerprint density at radius 1 is 1.12 bits per heavy atom. The van der Waals surface area contributed by atoms with Gasteiger partial charge in [0.05, 0.1) is 25.4 Å². The second-order valence-electron chi connectivity index (χ2n) is 5.02. The molecule has 0 radical (unpaired) electrons. The number of ether oxygens (including phenoxy) is 2. The predicted molar refractivity (Wildman–Crippen MR) is 64.8 cm³/mol. The summed E-state index contributed by atoms with van der Waals surface area (Å²) in [5, 5.41) is 0. The lowest BCUT2D eigenvalue weighted by atomic mass is 10.1. The number of hydrogen-bond donors (Lipinski definition) is 0. The van der Waals surface area contributed by atoms with Gasteiger partial charge >= 0.3 is 0 Å². The van der Waals surface area contributed by atoms with Crippen molar-refractivity contribution in [1.82, 2.24) is 4.90 Å². The van der Waals surface area contributed by atoms with Crippen molar-refractivity contribution in [3.63, 3.8) is 0 Å². The maximum absolute atomic E-state index is 12.0. The predicted octanol–water partition coefficient (Wildman–Crippen LogP) is 1.58. The van der Waals surface area contributed by atoms with Gasteiger partial charge in [-0.1, -0.05) is 26.2 Å². The second kappa shape index (κ2) is 6.36. The first kappa shape index (κ1) is 12.8. The number of rotatable bonds is 9. The molecule has 2 atom stereocenters. The van der Waals surface area contributed by atoms with E-state index in [1.165, 1.54) is 12.8 Å². The van der Waals surface area contributed by atoms with Gasteiger partial charge in [0.1, 0.15) is 0 Å². The van der Waals surface area contributed by atoms with Gasteiger partial charge in [0, 0.05) is 19.5 Å². The Morgan fingerprint density at radius 2 is 1.71 bits per heavy atom. The summed E-state index contributed by atoms with van der Waals surface area (Å²) >= 11 is 0. The average Bonchev–Trinajstić information content (AvgIpc) is 3.17. The Balaban J connectivity index is 1.66. The summed E-state index contributed by atoms with van der Waals surface area (Å²) < 4.78 is 10.4. The number of amides is 1. The summed E-state index contributed by atoms with van der Waals surface area (Å²) in [6, 6.07) is 0. The van der Waals surface area contributed by atoms with E-state index in [2.05, 4.69) is 6.92 Å². The molecule has 0 bridgehead atoms. The zero-order chi connectivity index (χ0) is 12.1. The maximum atomic E-state index is 12.0. The summed E-state index contributed by atoms with van der Waals surface area (Å²) in [5.74, 6) is 0.270. The van der Waals surface area contributed by atoms with Crippen LogP contribution in [0.4, 0.5) is 0 Å². The highest BCUT2D eigenvalue weighted by Crippen LogP contribution is 2.17. The number of unbranched alkanes of at least 4 members (excludes halogenated alkanes) is 3. The van der Waals surface area contributed by atoms with Gasteiger partial charge in [-0.25, -0.2) is 0 Å². The van der Waals surface area contributed by atoms with Gasteiger partial charge < -0.3 is 14.4 Å². The van der Waals surface area contributed by atoms with Crippen molar-refractivity contribution in [3.05, 3.63) is 0 Å². The summed E-state index contributed by atoms with van der Waals surface area (Å²) in [6.07, 6.45) is 5.87. The van der Waals surface area contributed by atoms with Crippen LogP contribution in [0.2, 0.25) is 0 Å². The largest absolute Gasteiger partial charge is 0.371 e. The van der Waals surface area contributed by atoms with E-state index in [1.807, 2.05) is 4.90 Å². The van der Waals surface area contributed by atoms with Crippen LogP contribution in [0.5, 0.6) is 0 Å². The molecule has 0 aromatic rings. The lowest BCUT2D eigenvalue weighted by Crippen LogP contribution is -2.37. The smallest absolute Gasteiger partial charge is 0.222 e. The molecule has 0 aromatic carbocycles. The molecular formula is C13H23NO3. The Morgan fingerprint density at radius 3 is 2.18 bits per heavy atom. The Kier molecular flexibility index (Phi) is 4.80. The first-order chi connectivity index (χ1) is 8.29. The highest BCUT2D eigenvalue weighted by molar-refractivity contribution is 5.76. The van der Waals surface area contributed by atoms with Crippen molar-refractivity contribution in [2.75, 3.05) is 26.3 Å². The van der Waals surface area contributed by atoms with Crippen LogP contribution in [-0.4, -0.2) is 49.3 Å². The number of nitrogens with zero attached hydrogens (tertiary/aromatic N) is 1. The van der Waals surface area contributed by atoms with Crippen molar-refractivity contribution in [3.8, 4) is 0 Å². The minimum Gasteiger partial charge on any atom is -0.371 e. The van der Waals surface area contributed by atoms with Gasteiger partial charge in [-0.05, 0) is 6.42 Å². The third-order valence-electron chi connectivity index (χ3n) is 3.25. The van der Waals surface area contributed by atoms with Crippen LogP contribution in [0.15, 0.2) is 0 Å². The molecule has 4 heteroatoms. The molecule has 17 heavy (non-hydrogen) atoms. The lowest BCUT2D eigenvalue weighted by Gasteiger charge is -2.20. The molecule has 2 heterocycles. The molecule has 2 unspecified atom stereocenters. The molecule has 2 aliphatic rings. The van der Waals surface area contributed by atoms with Crippen LogP contribution >= 0.6 is 0 Å². The zero-order valence-corrected chi connectivity index (χ0v) is 10.7. The minimum atomic E-state index is 0.270. The normalized spacial score (nSPS) is 25.7. The number of carbonyl (C=O) groups excluding carboxylic acids is 1. The van der Waals surface area contributed by atoms with Crippen LogP contribution in [0.25, 0.3) is 0 Å². The summed E-state index contributed by atoms with van der Waals surface area (Å²) in [4.78, 5) is 14.0. The Labute approximate surface area is 103 Å². The van der Waals surface area contributed by atoms with E-state index < -0.39 is 0 Å². The highest BCUT2D eigenvalue weighted by atomic mass is 16.6. The molecular weight excluding hydrogens is 218 g/mol. The summed E-state index contributed by atoms with van der Waals surface area (Å²) in [6.45, 7) is 5.32. The van der Waals surface area contributed by atoms with Crippen molar-refractivity contribution >= 4 is 5.91 Å². The zero-order valence-electron chi connectivity index (χ0n) is 10.7. The standard InChI is InChI=1S/C13H23NO3/c1-2-3-4-5-6-13(15)14(7-11-9-16-11)8-12-10-17-12/h11-12H,2-10H2,1H3. The molecule has 98 valence electrons. The van der Waals surface area contributed by atoms with Crippen LogP contribution in [0.1, 0.15) is 39.0 Å². The molecule has 0 aromatic heterocycles. The Hall–Kier alpha value is -0.610. The van der Waals surface area contributed by atoms with E-state index in [-0.39, 0.29) is 18.1 Å². The van der Waals surface area contributed by atoms with Crippen LogP contribution in [0, 0.1) is 0 Å². The van der Waals surface area contributed by atoms with E-state index in [0.717, 1.165) is 39.1 Å². The van der Waals surface area contributed by atoms with Crippen molar-refractivity contribution in [1.29, 1.82) is 0 Å². The number of hydrogen-bond acceptors (Lipinski definition) is 3. The average molecular weight is 241 g/mol. The molecule has 0 spiro atoms. The molecule has 2 rings (SSSR count). The first-order valence-electron chi connectivity index (χ1n) is 6.80. The number of epoxide rings is 2. The first-order valence-corrected chi connectivity index (χ1v) is 6.80. The van der Waals surface area contributed by atoms with Crippen molar-refractivity contribution in [2.45, 2.75) is 51.2 Å². The van der Waals surface area contributed by atoms with Crippen molar-refractivity contribution < 1.29 is 14.3 Å². The maximum Gasteiger partial charge on any atom is 0.222 e. The van der Waals surface area contributed by atoms with Gasteiger partial charge in [-0.15, -0.1) is 0 Å². The summed E-state index contributed by atoms with van der Waals surface area (Å²) in [7, 11) is 0. The van der Waals surface area contributed by atoms with Gasteiger partial charge in [0.2, 0.25) is 5.91 Å². The quantitative estimate of drug-likeness (QED) is 0.455. The molecule has 2 saturated heterocycles. The van der Waals surface area contributed by atoms with E-state index in [1.54, 1.807) is 0 Å². The third kappa shape index (κ3) is 5.04. The topological polar surface area (TPSA) is 45.4 Å². The molecule has 0 saturated carbocycles. The fraction of sp³-hybridized carbons (Fsp3) is 0.923. The van der Waals surface area contributed by atoms with E-state index in [0.29, 0.717) is 6.42 Å². The van der Waals surface area contributed by atoms with Gasteiger partial charge in [0.25, 0.3) is 0 Å². The molecule has 4 nitrogen and oxygen atoms in total. The SMILES string of the molecule is CCCCCCC(=O)N(CC1CO1)CC1CO1. The van der Waals surface area contributed by atoms with E-state index in [4.69, 9.17) is 9.47 Å². The van der Waals surface area contributed by atoms with Gasteiger partial charge in [-0.2, -0.15) is 0 Å². The van der Waals surface area contributed by atoms with Crippen LogP contribution in [-0.2, 0) is 14.3 Å². The van der Waals surface area contributed by atoms with Gasteiger partial charge in [0.15, 0.2) is 0 Å². The van der Waals surface area contributed by atoms with Crippen molar-refractivity contribution in [2.24, 2.45) is 0 Å². The number of carbonyl (C=O) groups is 1. The fourth-order valence-corrected chi connectivity index (χ4v) is 1.98. The van der Waals surface area contributed by atoms with E-state index in [9.17, 15) is 4.79 Å².